The van der Waals surface area contributed by atoms with E-state index < -0.39 is 0 Å². The van der Waals surface area contributed by atoms with E-state index in [1.165, 1.54) is 5.52 Å². The molecule has 1 aromatic carbocycles. The lowest BCUT2D eigenvalue weighted by Crippen LogP contribution is -2.34. The highest BCUT2D eigenvalue weighted by atomic mass is 16.2. The summed E-state index contributed by atoms with van der Waals surface area (Å²) in [6.45, 7) is 8.76. The van der Waals surface area contributed by atoms with Crippen LogP contribution in [0.25, 0.3) is 17.0 Å². The standard InChI is InChI=1S/C24H34N4O/c1-4-7-14-26-18-19(20-12-10-11-13-21(20)26)17-22-23(29)28(16-9-6-3)24(25)27(22)15-8-5-2/h10-13,17-18,25H,4-9,14-16H2,1-3H3/b22-17+,25-24?. The van der Waals surface area contributed by atoms with Crippen LogP contribution in [-0.2, 0) is 11.3 Å². The first kappa shape index (κ1) is 21.2. The summed E-state index contributed by atoms with van der Waals surface area (Å²) in [7, 11) is 0. The fourth-order valence-corrected chi connectivity index (χ4v) is 3.87. The minimum Gasteiger partial charge on any atom is -0.347 e. The number of hydrogen-bond donors (Lipinski definition) is 1. The molecule has 1 amide bonds. The topological polar surface area (TPSA) is 52.3 Å². The lowest BCUT2D eigenvalue weighted by atomic mass is 10.1. The first-order valence-electron chi connectivity index (χ1n) is 11.1. The van der Waals surface area contributed by atoms with Crippen molar-refractivity contribution < 1.29 is 4.79 Å². The van der Waals surface area contributed by atoms with Crippen LogP contribution in [0.5, 0.6) is 0 Å². The van der Waals surface area contributed by atoms with Crippen molar-refractivity contribution in [1.29, 1.82) is 5.41 Å². The van der Waals surface area contributed by atoms with Gasteiger partial charge in [0, 0.05) is 42.3 Å². The Morgan fingerprint density at radius 3 is 2.21 bits per heavy atom. The van der Waals surface area contributed by atoms with E-state index in [0.29, 0.717) is 24.7 Å². The van der Waals surface area contributed by atoms with Gasteiger partial charge in [-0.05, 0) is 31.4 Å². The maximum absolute atomic E-state index is 13.2. The summed E-state index contributed by atoms with van der Waals surface area (Å²) < 4.78 is 2.29. The number of hydrogen-bond acceptors (Lipinski definition) is 2. The normalized spacial score (nSPS) is 16.0. The first-order chi connectivity index (χ1) is 14.1. The summed E-state index contributed by atoms with van der Waals surface area (Å²) in [4.78, 5) is 16.7. The molecule has 29 heavy (non-hydrogen) atoms. The molecule has 0 atom stereocenters. The molecule has 1 aromatic heterocycles. The molecule has 0 unspecified atom stereocenters. The van der Waals surface area contributed by atoms with E-state index in [0.717, 1.165) is 56.0 Å². The minimum absolute atomic E-state index is 0.0371. The average molecular weight is 395 g/mol. The van der Waals surface area contributed by atoms with Crippen LogP contribution < -0.4 is 0 Å². The molecule has 1 aliphatic rings. The largest absolute Gasteiger partial charge is 0.347 e. The number of amides is 1. The van der Waals surface area contributed by atoms with E-state index in [-0.39, 0.29) is 5.91 Å². The van der Waals surface area contributed by atoms with Crippen LogP contribution in [0, 0.1) is 5.41 Å². The molecule has 1 fully saturated rings. The molecule has 5 nitrogen and oxygen atoms in total. The van der Waals surface area contributed by atoms with Gasteiger partial charge in [0.2, 0.25) is 5.96 Å². The number of benzene rings is 1. The van der Waals surface area contributed by atoms with Crippen molar-refractivity contribution in [3.63, 3.8) is 0 Å². The molecule has 0 aliphatic carbocycles. The van der Waals surface area contributed by atoms with Crippen molar-refractivity contribution in [3.8, 4) is 0 Å². The Balaban J connectivity index is 2.01. The van der Waals surface area contributed by atoms with Crippen LogP contribution in [0.15, 0.2) is 36.2 Å². The predicted octanol–water partition coefficient (Wildman–Crippen LogP) is 5.46. The van der Waals surface area contributed by atoms with Crippen molar-refractivity contribution in [2.24, 2.45) is 0 Å². The minimum atomic E-state index is -0.0371. The van der Waals surface area contributed by atoms with Gasteiger partial charge in [0.15, 0.2) is 0 Å². The number of aryl methyl sites for hydroxylation is 1. The Bertz CT molecular complexity index is 895. The van der Waals surface area contributed by atoms with E-state index in [1.54, 1.807) is 4.90 Å². The lowest BCUT2D eigenvalue weighted by Gasteiger charge is -2.19. The number of para-hydroxylation sites is 1. The van der Waals surface area contributed by atoms with Gasteiger partial charge in [0.1, 0.15) is 5.70 Å². The zero-order chi connectivity index (χ0) is 20.8. The van der Waals surface area contributed by atoms with Gasteiger partial charge < -0.3 is 9.47 Å². The predicted molar refractivity (Wildman–Crippen MR) is 121 cm³/mol. The molecular weight excluding hydrogens is 360 g/mol. The molecule has 1 saturated heterocycles. The molecule has 1 N–H and O–H groups in total. The molecule has 3 rings (SSSR count). The summed E-state index contributed by atoms with van der Waals surface area (Å²) in [6, 6.07) is 8.39. The molecule has 0 bridgehead atoms. The zero-order valence-electron chi connectivity index (χ0n) is 18.1. The number of aromatic nitrogens is 1. The fourth-order valence-electron chi connectivity index (χ4n) is 3.87. The number of guanidine groups is 1. The SMILES string of the molecule is CCCCN1C(=N)N(CCCC)/C(=C/c2cn(CCCC)c3ccccc23)C1=O. The molecule has 2 heterocycles. The van der Waals surface area contributed by atoms with E-state index >= 15 is 0 Å². The summed E-state index contributed by atoms with van der Waals surface area (Å²) in [5.74, 6) is 0.294. The van der Waals surface area contributed by atoms with Gasteiger partial charge in [0.05, 0.1) is 0 Å². The first-order valence-corrected chi connectivity index (χ1v) is 11.1. The quantitative estimate of drug-likeness (QED) is 0.544. The maximum Gasteiger partial charge on any atom is 0.277 e. The Labute approximate surface area is 174 Å². The summed E-state index contributed by atoms with van der Waals surface area (Å²) >= 11 is 0. The molecule has 0 saturated carbocycles. The van der Waals surface area contributed by atoms with Crippen LogP contribution in [0.3, 0.4) is 0 Å². The van der Waals surface area contributed by atoms with Gasteiger partial charge in [-0.15, -0.1) is 0 Å². The van der Waals surface area contributed by atoms with Gasteiger partial charge in [-0.25, -0.2) is 0 Å². The highest BCUT2D eigenvalue weighted by molar-refractivity contribution is 6.15. The molecule has 1 aliphatic heterocycles. The van der Waals surface area contributed by atoms with Gasteiger partial charge in [0.25, 0.3) is 5.91 Å². The third-order valence-electron chi connectivity index (χ3n) is 5.60. The molecular formula is C24H34N4O. The van der Waals surface area contributed by atoms with Crippen molar-refractivity contribution in [2.75, 3.05) is 13.1 Å². The number of rotatable bonds is 10. The van der Waals surface area contributed by atoms with Gasteiger partial charge >= 0.3 is 0 Å². The van der Waals surface area contributed by atoms with E-state index in [2.05, 4.69) is 55.8 Å². The smallest absolute Gasteiger partial charge is 0.277 e. The number of nitrogens with one attached hydrogen (secondary N) is 1. The summed E-state index contributed by atoms with van der Waals surface area (Å²) in [5, 5.41) is 9.76. The second kappa shape index (κ2) is 9.77. The molecule has 5 heteroatoms. The Hall–Kier alpha value is -2.56. The maximum atomic E-state index is 13.2. The summed E-state index contributed by atoms with van der Waals surface area (Å²) in [5.41, 5.74) is 2.90. The molecule has 0 radical (unpaired) electrons. The van der Waals surface area contributed by atoms with Crippen molar-refractivity contribution in [1.82, 2.24) is 14.4 Å². The van der Waals surface area contributed by atoms with Crippen LogP contribution in [0.1, 0.15) is 64.9 Å². The highest BCUT2D eigenvalue weighted by Gasteiger charge is 2.37. The number of nitrogens with zero attached hydrogens (tertiary/aromatic N) is 3. The Kier molecular flexibility index (Phi) is 7.13. The third-order valence-corrected chi connectivity index (χ3v) is 5.60. The highest BCUT2D eigenvalue weighted by Crippen LogP contribution is 2.28. The second-order valence-corrected chi connectivity index (χ2v) is 7.82. The monoisotopic (exact) mass is 394 g/mol. The van der Waals surface area contributed by atoms with Gasteiger partial charge in [-0.3, -0.25) is 15.1 Å². The van der Waals surface area contributed by atoms with E-state index in [1.807, 2.05) is 11.0 Å². The van der Waals surface area contributed by atoms with Crippen molar-refractivity contribution >= 4 is 28.8 Å². The van der Waals surface area contributed by atoms with Crippen LogP contribution >= 0.6 is 0 Å². The number of carbonyl (C=O) groups excluding carboxylic acids is 1. The van der Waals surface area contributed by atoms with Crippen LogP contribution in [-0.4, -0.2) is 39.3 Å². The zero-order valence-corrected chi connectivity index (χ0v) is 18.1. The summed E-state index contributed by atoms with van der Waals surface area (Å²) in [6.07, 6.45) is 10.4. The van der Waals surface area contributed by atoms with Crippen LogP contribution in [0.4, 0.5) is 0 Å². The van der Waals surface area contributed by atoms with E-state index in [9.17, 15) is 4.79 Å². The molecule has 156 valence electrons. The number of carbonyl (C=O) groups is 1. The average Bonchev–Trinajstić information content (AvgIpc) is 3.19. The van der Waals surface area contributed by atoms with Crippen molar-refractivity contribution in [3.05, 3.63) is 41.7 Å². The molecule has 2 aromatic rings. The van der Waals surface area contributed by atoms with Crippen LogP contribution in [0.2, 0.25) is 0 Å². The molecule has 0 spiro atoms. The second-order valence-electron chi connectivity index (χ2n) is 7.82. The van der Waals surface area contributed by atoms with Gasteiger partial charge in [-0.2, -0.15) is 0 Å². The lowest BCUT2D eigenvalue weighted by molar-refractivity contribution is -0.122. The Morgan fingerprint density at radius 1 is 0.897 bits per heavy atom. The fraction of sp³-hybridized carbons (Fsp3) is 0.500. The van der Waals surface area contributed by atoms with Gasteiger partial charge in [-0.1, -0.05) is 58.2 Å². The Morgan fingerprint density at radius 2 is 1.52 bits per heavy atom. The third kappa shape index (κ3) is 4.39. The van der Waals surface area contributed by atoms with Crippen molar-refractivity contribution in [2.45, 2.75) is 65.8 Å². The number of unbranched alkanes of at least 4 members (excludes halogenated alkanes) is 3. The number of fused-ring (bicyclic) bond motifs is 1. The van der Waals surface area contributed by atoms with E-state index in [4.69, 9.17) is 5.41 Å².